The van der Waals surface area contributed by atoms with Gasteiger partial charge in [0, 0.05) is 28.6 Å². The minimum Gasteiger partial charge on any atom is -0.479 e. The fraction of sp³-hybridized carbons (Fsp3) is 0.214. The number of carbonyl (C=O) groups is 2. The number of rotatable bonds is 10. The average molecular weight is 564 g/mol. The van der Waals surface area contributed by atoms with Gasteiger partial charge in [-0.1, -0.05) is 30.7 Å². The zero-order valence-corrected chi connectivity index (χ0v) is 21.2. The Bertz CT molecular complexity index is 1520. The molecule has 0 unspecified atom stereocenters. The molecule has 0 saturated heterocycles. The Morgan fingerprint density at radius 3 is 2.36 bits per heavy atom. The van der Waals surface area contributed by atoms with Crippen LogP contribution in [-0.2, 0) is 18.0 Å². The molecule has 3 aromatic carbocycles. The molecule has 1 heterocycles. The topological polar surface area (TPSA) is 77.8 Å². The summed E-state index contributed by atoms with van der Waals surface area (Å²) in [5, 5.41) is 9.92. The van der Waals surface area contributed by atoms with E-state index in [-0.39, 0.29) is 46.4 Å². The fourth-order valence-corrected chi connectivity index (χ4v) is 4.40. The maximum Gasteiger partial charge on any atom is 0.573 e. The highest BCUT2D eigenvalue weighted by Crippen LogP contribution is 2.34. The van der Waals surface area contributed by atoms with Crippen molar-refractivity contribution in [3.63, 3.8) is 0 Å². The number of fused-ring (bicyclic) bond motifs is 1. The van der Waals surface area contributed by atoms with Gasteiger partial charge >= 0.3 is 12.3 Å². The maximum absolute atomic E-state index is 14.6. The molecule has 0 radical (unpaired) electrons. The van der Waals surface area contributed by atoms with Crippen LogP contribution < -0.4 is 9.47 Å². The lowest BCUT2D eigenvalue weighted by Crippen LogP contribution is -2.25. The molecular weight excluding hydrogens is 542 g/mol. The van der Waals surface area contributed by atoms with Crippen molar-refractivity contribution in [2.75, 3.05) is 0 Å². The van der Waals surface area contributed by atoms with Gasteiger partial charge < -0.3 is 19.1 Å². The first-order valence-corrected chi connectivity index (χ1v) is 12.1. The van der Waals surface area contributed by atoms with Crippen molar-refractivity contribution in [2.24, 2.45) is 0 Å². The zero-order chi connectivity index (χ0) is 28.3. The summed E-state index contributed by atoms with van der Waals surface area (Å²) in [4.78, 5) is 24.9. The molecule has 0 fully saturated rings. The Hall–Kier alpha value is -4.05. The second-order valence-electron chi connectivity index (χ2n) is 8.60. The molecule has 1 atom stereocenters. The van der Waals surface area contributed by atoms with Crippen molar-refractivity contribution in [1.29, 1.82) is 0 Å². The van der Waals surface area contributed by atoms with Crippen LogP contribution in [0.5, 0.6) is 11.5 Å². The van der Waals surface area contributed by atoms with Crippen molar-refractivity contribution in [1.82, 2.24) is 4.57 Å². The summed E-state index contributed by atoms with van der Waals surface area (Å²) in [6.07, 6.45) is -5.83. The normalized spacial score (nSPS) is 12.4. The Kier molecular flexibility index (Phi) is 8.15. The fourth-order valence-electron chi connectivity index (χ4n) is 4.27. The average Bonchev–Trinajstić information content (AvgIpc) is 3.18. The van der Waals surface area contributed by atoms with Gasteiger partial charge in [0.2, 0.25) is 0 Å². The summed E-state index contributed by atoms with van der Waals surface area (Å²) in [6.45, 7) is 0.508. The Morgan fingerprint density at radius 1 is 1.03 bits per heavy atom. The van der Waals surface area contributed by atoms with E-state index in [1.165, 1.54) is 34.9 Å². The van der Waals surface area contributed by atoms with E-state index >= 15 is 0 Å². The smallest absolute Gasteiger partial charge is 0.479 e. The summed E-state index contributed by atoms with van der Waals surface area (Å²) >= 11 is 5.93. The molecule has 39 heavy (non-hydrogen) atoms. The monoisotopic (exact) mass is 563 g/mol. The minimum atomic E-state index is -4.96. The molecule has 0 aliphatic heterocycles. The first-order chi connectivity index (χ1) is 18.5. The molecule has 1 N–H and O–H groups in total. The number of hydrogen-bond donors (Lipinski definition) is 1. The zero-order valence-electron chi connectivity index (χ0n) is 20.5. The lowest BCUT2D eigenvalue weighted by Gasteiger charge is -2.15. The van der Waals surface area contributed by atoms with Gasteiger partial charge in [-0.3, -0.25) is 4.79 Å². The van der Waals surface area contributed by atoms with Gasteiger partial charge in [-0.2, -0.15) is 0 Å². The molecule has 0 bridgehead atoms. The summed E-state index contributed by atoms with van der Waals surface area (Å²) in [7, 11) is 0. The van der Waals surface area contributed by atoms with Crippen LogP contribution in [0.25, 0.3) is 10.9 Å². The Morgan fingerprint density at radius 2 is 1.74 bits per heavy atom. The van der Waals surface area contributed by atoms with Crippen LogP contribution in [0.4, 0.5) is 17.6 Å². The number of carbonyl (C=O) groups excluding carboxylic acids is 1. The maximum atomic E-state index is 14.6. The number of hydrogen-bond acceptors (Lipinski definition) is 4. The molecule has 204 valence electrons. The molecule has 4 aromatic rings. The quantitative estimate of drug-likeness (QED) is 0.163. The first-order valence-electron chi connectivity index (χ1n) is 11.8. The van der Waals surface area contributed by atoms with Gasteiger partial charge in [0.25, 0.3) is 0 Å². The van der Waals surface area contributed by atoms with Crippen molar-refractivity contribution in [3.8, 4) is 11.5 Å². The number of aliphatic carboxylic acids is 1. The number of nitrogens with zero attached hydrogens (tertiary/aromatic N) is 1. The third-order valence-electron chi connectivity index (χ3n) is 6.00. The predicted molar refractivity (Wildman–Crippen MR) is 136 cm³/mol. The molecule has 0 saturated carbocycles. The van der Waals surface area contributed by atoms with Crippen molar-refractivity contribution < 1.29 is 41.7 Å². The van der Waals surface area contributed by atoms with E-state index in [4.69, 9.17) is 16.3 Å². The third-order valence-corrected chi connectivity index (χ3v) is 6.25. The number of carboxylic acid groups (broad SMARTS) is 1. The molecular formula is C28H22ClF4NO5. The highest BCUT2D eigenvalue weighted by Gasteiger charge is 2.32. The van der Waals surface area contributed by atoms with E-state index in [1.54, 1.807) is 31.2 Å². The summed E-state index contributed by atoms with van der Waals surface area (Å²) in [6, 6.07) is 15.8. The summed E-state index contributed by atoms with van der Waals surface area (Å²) in [5.41, 5.74) is 0.852. The molecule has 11 heteroatoms. The highest BCUT2D eigenvalue weighted by molar-refractivity contribution is 6.30. The van der Waals surface area contributed by atoms with Crippen LogP contribution in [0.3, 0.4) is 0 Å². The van der Waals surface area contributed by atoms with Crippen molar-refractivity contribution in [2.45, 2.75) is 39.0 Å². The Balaban J connectivity index is 1.84. The summed E-state index contributed by atoms with van der Waals surface area (Å²) in [5.74, 6) is -1.95. The summed E-state index contributed by atoms with van der Waals surface area (Å²) < 4.78 is 64.4. The van der Waals surface area contributed by atoms with Crippen LogP contribution in [0.15, 0.2) is 66.7 Å². The van der Waals surface area contributed by atoms with Crippen molar-refractivity contribution >= 4 is 34.3 Å². The van der Waals surface area contributed by atoms with Crippen molar-refractivity contribution in [3.05, 3.63) is 94.1 Å². The molecule has 4 rings (SSSR count). The number of alkyl halides is 4. The van der Waals surface area contributed by atoms with Gasteiger partial charge in [0.05, 0.1) is 16.8 Å². The molecule has 1 aromatic heterocycles. The lowest BCUT2D eigenvalue weighted by molar-refractivity contribution is -0.274. The lowest BCUT2D eigenvalue weighted by atomic mass is 10.0. The van der Waals surface area contributed by atoms with Crippen LogP contribution in [0, 0.1) is 0 Å². The number of ketones is 1. The highest BCUT2D eigenvalue weighted by atomic mass is 35.5. The van der Waals surface area contributed by atoms with E-state index in [0.717, 1.165) is 12.1 Å². The molecule has 0 amide bonds. The standard InChI is InChI=1S/C28H22ClF4NO5/c1-2-24(27(36)37)38-19-5-3-4-16(12-19)15-34-22-13-20(39-28(31,32)33)10-11-21(22)25(23(34)14-30)26(35)17-6-8-18(29)9-7-17/h3-13,24H,2,14-15H2,1H3,(H,36,37)/t24-/m0/s1. The molecule has 0 aliphatic rings. The van der Waals surface area contributed by atoms with Gasteiger partial charge in [0.1, 0.15) is 18.2 Å². The number of aromatic nitrogens is 1. The van der Waals surface area contributed by atoms with E-state index in [0.29, 0.717) is 10.6 Å². The predicted octanol–water partition coefficient (Wildman–Crippen LogP) is 7.18. The number of benzene rings is 3. The molecule has 0 aliphatic carbocycles. The molecule has 6 nitrogen and oxygen atoms in total. The van der Waals surface area contributed by atoms with E-state index in [9.17, 15) is 32.3 Å². The van der Waals surface area contributed by atoms with Gasteiger partial charge in [-0.25, -0.2) is 9.18 Å². The second-order valence-corrected chi connectivity index (χ2v) is 9.04. The van der Waals surface area contributed by atoms with E-state index in [1.807, 2.05) is 0 Å². The molecule has 0 spiro atoms. The number of ether oxygens (including phenoxy) is 2. The third kappa shape index (κ3) is 6.34. The second kappa shape index (κ2) is 11.4. The van der Waals surface area contributed by atoms with Gasteiger partial charge in [0.15, 0.2) is 11.9 Å². The largest absolute Gasteiger partial charge is 0.573 e. The van der Waals surface area contributed by atoms with Crippen LogP contribution >= 0.6 is 11.6 Å². The van der Waals surface area contributed by atoms with Crippen LogP contribution in [0.2, 0.25) is 5.02 Å². The van der Waals surface area contributed by atoms with Crippen LogP contribution in [0.1, 0.15) is 40.5 Å². The van der Waals surface area contributed by atoms with Gasteiger partial charge in [-0.05, 0) is 60.5 Å². The van der Waals surface area contributed by atoms with E-state index < -0.39 is 36.6 Å². The Labute approximate surface area is 225 Å². The minimum absolute atomic E-state index is 0.00212. The van der Waals surface area contributed by atoms with Gasteiger partial charge in [-0.15, -0.1) is 13.2 Å². The number of carboxylic acids is 1. The SMILES string of the molecule is CC[C@H](Oc1cccc(Cn2c(CF)c(C(=O)c3ccc(Cl)cc3)c3ccc(OC(F)(F)F)cc32)c1)C(=O)O. The van der Waals surface area contributed by atoms with E-state index in [2.05, 4.69) is 4.74 Å². The van der Waals surface area contributed by atoms with Crippen LogP contribution in [-0.4, -0.2) is 33.9 Å². The first kappa shape index (κ1) is 28.0. The number of halogens is 5.